The molecule has 0 N–H and O–H groups in total. The molecule has 0 bridgehead atoms. The van der Waals surface area contributed by atoms with Crippen LogP contribution in [0.2, 0.25) is 0 Å². The fourth-order valence-corrected chi connectivity index (χ4v) is 7.50. The maximum absolute atomic E-state index is 5.96. The van der Waals surface area contributed by atoms with Gasteiger partial charge in [-0.3, -0.25) is 0 Å². The highest BCUT2D eigenvalue weighted by Gasteiger charge is 2.51. The first-order valence-electron chi connectivity index (χ1n) is 23.2. The van der Waals surface area contributed by atoms with Crippen molar-refractivity contribution in [2.24, 2.45) is 23.2 Å². The predicted octanol–water partition coefficient (Wildman–Crippen LogP) is 13.9. The lowest BCUT2D eigenvalue weighted by molar-refractivity contribution is -0.547. The first-order valence-corrected chi connectivity index (χ1v) is 23.2. The largest absolute Gasteiger partial charge is 0.234 e. The van der Waals surface area contributed by atoms with Gasteiger partial charge in [-0.05, 0) is 186 Å². The summed E-state index contributed by atoms with van der Waals surface area (Å²) in [4.78, 5) is 69.3. The highest BCUT2D eigenvalue weighted by atomic mass is 17.3. The van der Waals surface area contributed by atoms with E-state index in [0.717, 1.165) is 57.3 Å². The molecule has 0 saturated heterocycles. The summed E-state index contributed by atoms with van der Waals surface area (Å²) in [6.07, 6.45) is 13.0. The van der Waals surface area contributed by atoms with Gasteiger partial charge in [0.05, 0.1) is 33.6 Å². The van der Waals surface area contributed by atoms with Crippen LogP contribution in [-0.2, 0) is 58.7 Å². The molecule has 3 saturated carbocycles. The smallest absolute Gasteiger partial charge is 0.228 e. The third-order valence-electron chi connectivity index (χ3n) is 10.8. The Hall–Kier alpha value is -0.480. The topological polar surface area (TPSA) is 111 Å². The number of hydrogen-bond donors (Lipinski definition) is 0. The van der Waals surface area contributed by atoms with Crippen molar-refractivity contribution in [3.05, 3.63) is 0 Å². The quantitative estimate of drug-likeness (QED) is 0.0837. The Bertz CT molecular complexity index is 1080. The molecule has 0 aromatic heterocycles. The molecule has 0 aromatic rings. The van der Waals surface area contributed by atoms with Gasteiger partial charge in [0.25, 0.3) is 0 Å². The third kappa shape index (κ3) is 21.5. The van der Waals surface area contributed by atoms with E-state index in [-0.39, 0.29) is 16.6 Å². The first-order chi connectivity index (χ1) is 27.0. The standard InChI is InChI=1S/C31H60O8.C17H34O4/c1-25(2,3)32-36-30(37-33-26(4,5)6)19-15-23(16-20-30)29(13,14)24-17-21-31(22-18-24,38-34-27(7,8)9)39-35-28(10,11)12;1-8-9-14-10-12-17(13-11-14,20-18-15(2,3)4)21-19-16(5,6)7/h23-24H,15-22H2,1-14H3;14H,8-13H2,1-7H3. The molecule has 0 amide bonds. The van der Waals surface area contributed by atoms with Crippen molar-refractivity contribution in [2.75, 3.05) is 0 Å². The Labute approximate surface area is 367 Å². The summed E-state index contributed by atoms with van der Waals surface area (Å²) >= 11 is 0. The molecule has 3 fully saturated rings. The van der Waals surface area contributed by atoms with Gasteiger partial charge in [0.15, 0.2) is 0 Å². The van der Waals surface area contributed by atoms with Crippen molar-refractivity contribution in [3.8, 4) is 0 Å². The van der Waals surface area contributed by atoms with Crippen molar-refractivity contribution < 1.29 is 58.7 Å². The Morgan fingerprint density at radius 2 is 0.533 bits per heavy atom. The normalized spacial score (nSPS) is 21.8. The molecule has 3 aliphatic rings. The Morgan fingerprint density at radius 1 is 0.333 bits per heavy atom. The van der Waals surface area contributed by atoms with E-state index in [2.05, 4.69) is 20.8 Å². The Morgan fingerprint density at radius 3 is 0.717 bits per heavy atom. The lowest BCUT2D eigenvalue weighted by atomic mass is 9.60. The predicted molar refractivity (Wildman–Crippen MR) is 234 cm³/mol. The van der Waals surface area contributed by atoms with Crippen LogP contribution in [0.15, 0.2) is 0 Å². The molecule has 0 spiro atoms. The van der Waals surface area contributed by atoms with Gasteiger partial charge >= 0.3 is 0 Å². The lowest BCUT2D eigenvalue weighted by Gasteiger charge is -2.49. The zero-order valence-electron chi connectivity index (χ0n) is 42.5. The van der Waals surface area contributed by atoms with Crippen LogP contribution in [0.1, 0.15) is 235 Å². The maximum atomic E-state index is 5.96. The summed E-state index contributed by atoms with van der Waals surface area (Å²) in [5.41, 5.74) is -2.39. The van der Waals surface area contributed by atoms with E-state index in [4.69, 9.17) is 58.7 Å². The van der Waals surface area contributed by atoms with E-state index in [1.165, 1.54) is 12.8 Å². The highest BCUT2D eigenvalue weighted by molar-refractivity contribution is 4.94. The van der Waals surface area contributed by atoms with E-state index in [1.807, 2.05) is 125 Å². The Kier molecular flexibility index (Phi) is 20.1. The van der Waals surface area contributed by atoms with Gasteiger partial charge in [-0.25, -0.2) is 29.3 Å². The van der Waals surface area contributed by atoms with E-state index in [0.29, 0.717) is 37.5 Å². The van der Waals surface area contributed by atoms with Crippen molar-refractivity contribution in [2.45, 2.75) is 286 Å². The van der Waals surface area contributed by atoms with Crippen molar-refractivity contribution in [1.29, 1.82) is 0 Å². The van der Waals surface area contributed by atoms with Crippen LogP contribution >= 0.6 is 0 Å². The van der Waals surface area contributed by atoms with Crippen LogP contribution in [0.3, 0.4) is 0 Å². The summed E-state index contributed by atoms with van der Waals surface area (Å²) in [5.74, 6) is -0.808. The molecule has 3 aliphatic carbocycles. The molecule has 358 valence electrons. The van der Waals surface area contributed by atoms with Gasteiger partial charge < -0.3 is 0 Å². The second kappa shape index (κ2) is 21.7. The summed E-state index contributed by atoms with van der Waals surface area (Å²) in [7, 11) is 0. The minimum atomic E-state index is -0.912. The minimum absolute atomic E-state index is 0.115. The van der Waals surface area contributed by atoms with Crippen LogP contribution in [0.4, 0.5) is 0 Å². The molecular formula is C48H94O12. The third-order valence-corrected chi connectivity index (χ3v) is 10.8. The molecule has 3 rings (SSSR count). The number of rotatable bonds is 16. The van der Waals surface area contributed by atoms with Crippen LogP contribution < -0.4 is 0 Å². The zero-order chi connectivity index (χ0) is 46.1. The van der Waals surface area contributed by atoms with Crippen LogP contribution in [0.5, 0.6) is 0 Å². The van der Waals surface area contributed by atoms with Crippen LogP contribution in [0, 0.1) is 23.2 Å². The van der Waals surface area contributed by atoms with E-state index >= 15 is 0 Å². The maximum Gasteiger partial charge on any atom is 0.234 e. The van der Waals surface area contributed by atoms with Gasteiger partial charge in [0, 0.05) is 38.5 Å². The fourth-order valence-electron chi connectivity index (χ4n) is 7.50. The average Bonchev–Trinajstić information content (AvgIpc) is 3.10. The summed E-state index contributed by atoms with van der Waals surface area (Å²) in [5, 5.41) is 0. The van der Waals surface area contributed by atoms with Crippen LogP contribution in [-0.4, -0.2) is 51.0 Å². The fraction of sp³-hybridized carbons (Fsp3) is 1.00. The van der Waals surface area contributed by atoms with Gasteiger partial charge in [-0.1, -0.05) is 33.6 Å². The second-order valence-corrected chi connectivity index (χ2v) is 24.5. The van der Waals surface area contributed by atoms with E-state index in [1.54, 1.807) is 0 Å². The summed E-state index contributed by atoms with van der Waals surface area (Å²) in [6, 6.07) is 0. The SMILES string of the molecule is CC(C)(C)OOC1(OOC(C)(C)C)CCC(C(C)(C)C2CCC(OOC(C)(C)C)(OOC(C)(C)C)CC2)CC1.CCCC1CCC(OOC(C)(C)C)(OOC(C)(C)C)CC1. The molecule has 0 aliphatic heterocycles. The van der Waals surface area contributed by atoms with Gasteiger partial charge in [0.2, 0.25) is 17.4 Å². The van der Waals surface area contributed by atoms with Gasteiger partial charge in [-0.2, -0.15) is 29.3 Å². The van der Waals surface area contributed by atoms with Gasteiger partial charge in [-0.15, -0.1) is 0 Å². The van der Waals surface area contributed by atoms with Crippen LogP contribution in [0.25, 0.3) is 0 Å². The van der Waals surface area contributed by atoms with Crippen molar-refractivity contribution >= 4 is 0 Å². The zero-order valence-corrected chi connectivity index (χ0v) is 42.5. The van der Waals surface area contributed by atoms with E-state index < -0.39 is 39.8 Å². The molecule has 0 heterocycles. The second-order valence-electron chi connectivity index (χ2n) is 24.5. The van der Waals surface area contributed by atoms with E-state index in [9.17, 15) is 0 Å². The van der Waals surface area contributed by atoms with Crippen molar-refractivity contribution in [1.82, 2.24) is 0 Å². The summed E-state index contributed by atoms with van der Waals surface area (Å²) < 4.78 is 0. The van der Waals surface area contributed by atoms with Gasteiger partial charge in [0.1, 0.15) is 0 Å². The lowest BCUT2D eigenvalue weighted by Crippen LogP contribution is -2.48. The minimum Gasteiger partial charge on any atom is -0.228 e. The molecule has 0 radical (unpaired) electrons. The number of hydrogen-bond acceptors (Lipinski definition) is 12. The van der Waals surface area contributed by atoms with Crippen molar-refractivity contribution in [3.63, 3.8) is 0 Å². The average molecular weight is 863 g/mol. The molecule has 60 heavy (non-hydrogen) atoms. The Balaban J connectivity index is 0.000000497. The molecule has 0 unspecified atom stereocenters. The highest BCUT2D eigenvalue weighted by Crippen LogP contribution is 2.53. The molecule has 12 heteroatoms. The first kappa shape index (κ1) is 55.7. The molecule has 12 nitrogen and oxygen atoms in total. The molecular weight excluding hydrogens is 769 g/mol. The molecule has 0 aromatic carbocycles. The summed E-state index contributed by atoms with van der Waals surface area (Å²) in [6.45, 7) is 42.5. The molecule has 0 atom stereocenters. The monoisotopic (exact) mass is 863 g/mol.